The number of hydrogen-bond acceptors (Lipinski definition) is 3. The number of amides is 2. The first-order chi connectivity index (χ1) is 13.0. The van der Waals surface area contributed by atoms with E-state index in [1.807, 2.05) is 32.0 Å². The Morgan fingerprint density at radius 2 is 2.07 bits per heavy atom. The zero-order chi connectivity index (χ0) is 19.4. The third-order valence-electron chi connectivity index (χ3n) is 4.74. The van der Waals surface area contributed by atoms with Crippen molar-refractivity contribution >= 4 is 23.2 Å². The summed E-state index contributed by atoms with van der Waals surface area (Å²) in [5, 5.41) is 2.66. The monoisotopic (exact) mass is 370 g/mol. The van der Waals surface area contributed by atoms with Crippen molar-refractivity contribution in [3.05, 3.63) is 53.3 Å². The molecule has 0 bridgehead atoms. The number of benzene rings is 2. The predicted octanol–water partition coefficient (Wildman–Crippen LogP) is 3.98. The first-order valence-electron chi connectivity index (χ1n) is 9.04. The molecule has 5 nitrogen and oxygen atoms in total. The van der Waals surface area contributed by atoms with Crippen LogP contribution >= 0.6 is 0 Å². The Bertz CT molecular complexity index is 867. The van der Waals surface area contributed by atoms with Crippen LogP contribution < -0.4 is 15.0 Å². The zero-order valence-electron chi connectivity index (χ0n) is 15.5. The minimum absolute atomic E-state index is 0.0747. The lowest BCUT2D eigenvalue weighted by Crippen LogP contribution is -2.24. The third kappa shape index (κ3) is 4.45. The van der Waals surface area contributed by atoms with E-state index >= 15 is 0 Å². The van der Waals surface area contributed by atoms with Gasteiger partial charge in [-0.25, -0.2) is 4.39 Å². The van der Waals surface area contributed by atoms with Crippen LogP contribution in [-0.4, -0.2) is 25.0 Å². The summed E-state index contributed by atoms with van der Waals surface area (Å²) < 4.78 is 20.0. The molecule has 2 aromatic rings. The minimum Gasteiger partial charge on any atom is -0.493 e. The van der Waals surface area contributed by atoms with Gasteiger partial charge in [0.2, 0.25) is 11.8 Å². The second-order valence-corrected chi connectivity index (χ2v) is 6.66. The molecule has 0 spiro atoms. The molecule has 2 amide bonds. The Morgan fingerprint density at radius 1 is 1.26 bits per heavy atom. The van der Waals surface area contributed by atoms with E-state index in [0.717, 1.165) is 23.3 Å². The van der Waals surface area contributed by atoms with Gasteiger partial charge in [-0.15, -0.1) is 0 Å². The van der Waals surface area contributed by atoms with Crippen LogP contribution in [0.5, 0.6) is 5.75 Å². The number of aryl methyl sites for hydroxylation is 1. The number of anilines is 2. The van der Waals surface area contributed by atoms with Gasteiger partial charge in [-0.3, -0.25) is 9.59 Å². The summed E-state index contributed by atoms with van der Waals surface area (Å²) >= 11 is 0. The second-order valence-electron chi connectivity index (χ2n) is 6.66. The third-order valence-corrected chi connectivity index (χ3v) is 4.74. The molecule has 142 valence electrons. The predicted molar refractivity (Wildman–Crippen MR) is 103 cm³/mol. The fourth-order valence-electron chi connectivity index (χ4n) is 3.06. The van der Waals surface area contributed by atoms with Crippen molar-refractivity contribution in [2.24, 2.45) is 0 Å². The fraction of sp³-hybridized carbons (Fsp3) is 0.333. The Labute approximate surface area is 158 Å². The maximum absolute atomic E-state index is 14.3. The summed E-state index contributed by atoms with van der Waals surface area (Å²) in [6.45, 7) is 4.74. The van der Waals surface area contributed by atoms with Crippen LogP contribution in [0.1, 0.15) is 30.4 Å². The molecule has 0 atom stereocenters. The Morgan fingerprint density at radius 3 is 2.78 bits per heavy atom. The highest BCUT2D eigenvalue weighted by Gasteiger charge is 2.24. The van der Waals surface area contributed by atoms with Crippen molar-refractivity contribution in [1.82, 2.24) is 0 Å². The Kier molecular flexibility index (Phi) is 5.74. The van der Waals surface area contributed by atoms with E-state index in [9.17, 15) is 14.0 Å². The summed E-state index contributed by atoms with van der Waals surface area (Å²) in [7, 11) is 0. The van der Waals surface area contributed by atoms with E-state index in [2.05, 4.69) is 5.32 Å². The van der Waals surface area contributed by atoms with Crippen LogP contribution in [0.25, 0.3) is 0 Å². The van der Waals surface area contributed by atoms with Crippen molar-refractivity contribution in [2.45, 2.75) is 33.1 Å². The van der Waals surface area contributed by atoms with Gasteiger partial charge in [0.25, 0.3) is 0 Å². The van der Waals surface area contributed by atoms with Crippen molar-refractivity contribution < 1.29 is 18.7 Å². The van der Waals surface area contributed by atoms with Crippen molar-refractivity contribution in [3.63, 3.8) is 0 Å². The van der Waals surface area contributed by atoms with E-state index in [1.54, 1.807) is 6.07 Å². The molecule has 27 heavy (non-hydrogen) atoms. The van der Waals surface area contributed by atoms with Gasteiger partial charge in [0, 0.05) is 18.7 Å². The second kappa shape index (κ2) is 8.20. The van der Waals surface area contributed by atoms with E-state index in [1.165, 1.54) is 17.0 Å². The lowest BCUT2D eigenvalue weighted by Gasteiger charge is -2.17. The molecule has 0 saturated carbocycles. The molecule has 1 N–H and O–H groups in total. The molecule has 2 aromatic carbocycles. The fourth-order valence-corrected chi connectivity index (χ4v) is 3.06. The molecule has 1 aliphatic heterocycles. The summed E-state index contributed by atoms with van der Waals surface area (Å²) in [5.41, 5.74) is 2.80. The van der Waals surface area contributed by atoms with Crippen molar-refractivity contribution in [1.29, 1.82) is 0 Å². The highest BCUT2D eigenvalue weighted by atomic mass is 19.1. The van der Waals surface area contributed by atoms with E-state index in [-0.39, 0.29) is 30.5 Å². The Balaban J connectivity index is 1.54. The van der Waals surface area contributed by atoms with Crippen molar-refractivity contribution in [3.8, 4) is 5.75 Å². The van der Waals surface area contributed by atoms with E-state index < -0.39 is 5.82 Å². The van der Waals surface area contributed by atoms with Crippen LogP contribution in [0.3, 0.4) is 0 Å². The summed E-state index contributed by atoms with van der Waals surface area (Å²) in [5.74, 6) is -0.0952. The van der Waals surface area contributed by atoms with Crippen molar-refractivity contribution in [2.75, 3.05) is 23.4 Å². The molecular weight excluding hydrogens is 347 g/mol. The van der Waals surface area contributed by atoms with Crippen LogP contribution in [0.4, 0.5) is 15.8 Å². The van der Waals surface area contributed by atoms with Gasteiger partial charge in [-0.2, -0.15) is 0 Å². The van der Waals surface area contributed by atoms with Gasteiger partial charge in [-0.1, -0.05) is 12.1 Å². The largest absolute Gasteiger partial charge is 0.493 e. The molecule has 1 saturated heterocycles. The molecule has 0 unspecified atom stereocenters. The number of nitrogens with one attached hydrogen (secondary N) is 1. The SMILES string of the molecule is Cc1cccc(OCCC(=O)Nc2ccc(N3CCCC3=O)c(F)c2)c1C. The molecule has 1 aliphatic rings. The molecular formula is C21H23FN2O3. The van der Waals surface area contributed by atoms with E-state index in [4.69, 9.17) is 4.74 Å². The minimum atomic E-state index is -0.519. The van der Waals surface area contributed by atoms with Crippen LogP contribution in [0.15, 0.2) is 36.4 Å². The summed E-state index contributed by atoms with van der Waals surface area (Å²) in [4.78, 5) is 25.3. The average Bonchev–Trinajstić information content (AvgIpc) is 3.04. The number of rotatable bonds is 6. The maximum Gasteiger partial charge on any atom is 0.227 e. The molecule has 1 heterocycles. The first-order valence-corrected chi connectivity index (χ1v) is 9.04. The highest BCUT2D eigenvalue weighted by Crippen LogP contribution is 2.27. The lowest BCUT2D eigenvalue weighted by atomic mass is 10.1. The van der Waals surface area contributed by atoms with Crippen LogP contribution in [0.2, 0.25) is 0 Å². The average molecular weight is 370 g/mol. The number of hydrogen-bond donors (Lipinski definition) is 1. The molecule has 1 fully saturated rings. The number of halogens is 1. The summed E-state index contributed by atoms with van der Waals surface area (Å²) in [6, 6.07) is 10.2. The Hall–Kier alpha value is -2.89. The van der Waals surface area contributed by atoms with Gasteiger partial charge in [0.1, 0.15) is 11.6 Å². The quantitative estimate of drug-likeness (QED) is 0.837. The number of nitrogens with zero attached hydrogens (tertiary/aromatic N) is 1. The number of carbonyl (C=O) groups is 2. The molecule has 0 radical (unpaired) electrons. The topological polar surface area (TPSA) is 58.6 Å². The molecule has 0 aliphatic carbocycles. The molecule has 0 aromatic heterocycles. The number of ether oxygens (including phenoxy) is 1. The zero-order valence-corrected chi connectivity index (χ0v) is 15.5. The molecule has 3 rings (SSSR count). The van der Waals surface area contributed by atoms with Gasteiger partial charge in [0.05, 0.1) is 18.7 Å². The van der Waals surface area contributed by atoms with Crippen LogP contribution in [-0.2, 0) is 9.59 Å². The van der Waals surface area contributed by atoms with E-state index in [0.29, 0.717) is 18.7 Å². The maximum atomic E-state index is 14.3. The highest BCUT2D eigenvalue weighted by molar-refractivity contribution is 5.96. The lowest BCUT2D eigenvalue weighted by molar-refractivity contribution is -0.117. The normalized spacial score (nSPS) is 13.7. The number of carbonyl (C=O) groups excluding carboxylic acids is 2. The van der Waals surface area contributed by atoms with Crippen LogP contribution in [0, 0.1) is 19.7 Å². The summed E-state index contributed by atoms with van der Waals surface area (Å²) in [6.07, 6.45) is 1.33. The van der Waals surface area contributed by atoms with Gasteiger partial charge in [0.15, 0.2) is 0 Å². The van der Waals surface area contributed by atoms with Gasteiger partial charge < -0.3 is 15.0 Å². The standard InChI is InChI=1S/C21H23FN2O3/c1-14-5-3-6-19(15(14)2)27-12-10-20(25)23-16-8-9-18(17(22)13-16)24-11-4-7-21(24)26/h3,5-6,8-9,13H,4,7,10-12H2,1-2H3,(H,23,25). The molecule has 6 heteroatoms. The first kappa shape index (κ1) is 18.9. The van der Waals surface area contributed by atoms with Gasteiger partial charge >= 0.3 is 0 Å². The van der Waals surface area contributed by atoms with Gasteiger partial charge in [-0.05, 0) is 55.7 Å². The smallest absolute Gasteiger partial charge is 0.227 e.